The number of nitrogens with zero attached hydrogens (tertiary/aromatic N) is 2. The van der Waals surface area contributed by atoms with Gasteiger partial charge in [-0.05, 0) is 23.8 Å². The predicted molar refractivity (Wildman–Crippen MR) is 60.8 cm³/mol. The first-order valence-corrected chi connectivity index (χ1v) is 5.17. The lowest BCUT2D eigenvalue weighted by Gasteiger charge is -2.03. The summed E-state index contributed by atoms with van der Waals surface area (Å²) in [7, 11) is 1.75. The summed E-state index contributed by atoms with van der Waals surface area (Å²) in [6.45, 7) is 0.357. The van der Waals surface area contributed by atoms with Crippen LogP contribution in [-0.4, -0.2) is 15.7 Å². The fourth-order valence-electron chi connectivity index (χ4n) is 1.41. The van der Waals surface area contributed by atoms with Crippen molar-refractivity contribution in [2.75, 3.05) is 0 Å². The highest BCUT2D eigenvalue weighted by Crippen LogP contribution is 2.02. The van der Waals surface area contributed by atoms with Gasteiger partial charge in [-0.15, -0.1) is 0 Å². The van der Waals surface area contributed by atoms with Crippen molar-refractivity contribution in [2.24, 2.45) is 7.05 Å². The number of aromatic nitrogens is 2. The molecule has 1 N–H and O–H groups in total. The molecule has 1 aromatic heterocycles. The molecule has 0 saturated heterocycles. The molecule has 88 valence electrons. The maximum atomic E-state index is 12.7. The Kier molecular flexibility index (Phi) is 3.18. The van der Waals surface area contributed by atoms with Gasteiger partial charge in [0.15, 0.2) is 0 Å². The molecule has 2 rings (SSSR count). The number of amides is 1. The monoisotopic (exact) mass is 233 g/mol. The molecule has 4 nitrogen and oxygen atoms in total. The Bertz CT molecular complexity index is 519. The van der Waals surface area contributed by atoms with Crippen LogP contribution in [0.2, 0.25) is 0 Å². The van der Waals surface area contributed by atoms with E-state index in [2.05, 4.69) is 10.4 Å². The van der Waals surface area contributed by atoms with Crippen LogP contribution in [0, 0.1) is 5.82 Å². The van der Waals surface area contributed by atoms with E-state index >= 15 is 0 Å². The maximum Gasteiger partial charge on any atom is 0.272 e. The second-order valence-electron chi connectivity index (χ2n) is 3.68. The molecule has 0 radical (unpaired) electrons. The van der Waals surface area contributed by atoms with Crippen LogP contribution < -0.4 is 5.32 Å². The molecule has 0 fully saturated rings. The topological polar surface area (TPSA) is 46.9 Å². The number of carbonyl (C=O) groups is 1. The summed E-state index contributed by atoms with van der Waals surface area (Å²) in [4.78, 5) is 11.6. The van der Waals surface area contributed by atoms with Gasteiger partial charge in [0.25, 0.3) is 5.91 Å². The van der Waals surface area contributed by atoms with Crippen LogP contribution in [0.3, 0.4) is 0 Å². The van der Waals surface area contributed by atoms with Crippen LogP contribution in [0.5, 0.6) is 0 Å². The van der Waals surface area contributed by atoms with Crippen LogP contribution in [0.4, 0.5) is 4.39 Å². The molecule has 0 bridgehead atoms. The Morgan fingerprint density at radius 2 is 2.06 bits per heavy atom. The van der Waals surface area contributed by atoms with Crippen molar-refractivity contribution in [1.82, 2.24) is 15.1 Å². The summed E-state index contributed by atoms with van der Waals surface area (Å²) >= 11 is 0. The van der Waals surface area contributed by atoms with Crippen LogP contribution in [0.15, 0.2) is 36.5 Å². The normalized spacial score (nSPS) is 10.2. The van der Waals surface area contributed by atoms with E-state index in [0.717, 1.165) is 5.56 Å². The molecule has 5 heteroatoms. The lowest BCUT2D eigenvalue weighted by atomic mass is 10.2. The zero-order valence-corrected chi connectivity index (χ0v) is 9.35. The van der Waals surface area contributed by atoms with Crippen molar-refractivity contribution < 1.29 is 9.18 Å². The standard InChI is InChI=1S/C12H12FN3O/c1-16-7-6-11(15-16)12(17)14-8-9-2-4-10(13)5-3-9/h2-7H,8H2,1H3,(H,14,17). The Balaban J connectivity index is 1.94. The van der Waals surface area contributed by atoms with Crippen molar-refractivity contribution in [3.63, 3.8) is 0 Å². The third-order valence-electron chi connectivity index (χ3n) is 2.31. The number of hydrogen-bond donors (Lipinski definition) is 1. The molecule has 1 amide bonds. The molecule has 0 spiro atoms. The summed E-state index contributed by atoms with van der Waals surface area (Å²) in [6, 6.07) is 7.63. The van der Waals surface area contributed by atoms with Gasteiger partial charge in [-0.25, -0.2) is 4.39 Å². The van der Waals surface area contributed by atoms with Crippen molar-refractivity contribution in [3.8, 4) is 0 Å². The number of hydrogen-bond acceptors (Lipinski definition) is 2. The van der Waals surface area contributed by atoms with Gasteiger partial charge in [-0.3, -0.25) is 9.48 Å². The SMILES string of the molecule is Cn1ccc(C(=O)NCc2ccc(F)cc2)n1. The van der Waals surface area contributed by atoms with Crippen LogP contribution >= 0.6 is 0 Å². The molecule has 0 saturated carbocycles. The second-order valence-corrected chi connectivity index (χ2v) is 3.68. The molecule has 2 aromatic rings. The zero-order chi connectivity index (χ0) is 12.3. The van der Waals surface area contributed by atoms with Gasteiger partial charge in [-0.2, -0.15) is 5.10 Å². The van der Waals surface area contributed by atoms with E-state index in [-0.39, 0.29) is 11.7 Å². The third kappa shape index (κ3) is 2.90. The Morgan fingerprint density at radius 3 is 2.65 bits per heavy atom. The smallest absolute Gasteiger partial charge is 0.272 e. The number of nitrogens with one attached hydrogen (secondary N) is 1. The molecule has 17 heavy (non-hydrogen) atoms. The van der Waals surface area contributed by atoms with Gasteiger partial charge >= 0.3 is 0 Å². The van der Waals surface area contributed by atoms with Crippen LogP contribution in [0.1, 0.15) is 16.1 Å². The van der Waals surface area contributed by atoms with Crippen LogP contribution in [0.25, 0.3) is 0 Å². The summed E-state index contributed by atoms with van der Waals surface area (Å²) in [6.07, 6.45) is 1.70. The molecule has 0 aliphatic carbocycles. The van der Waals surface area contributed by atoms with Crippen molar-refractivity contribution in [1.29, 1.82) is 0 Å². The summed E-state index contributed by atoms with van der Waals surface area (Å²) in [5, 5.41) is 6.69. The summed E-state index contributed by atoms with van der Waals surface area (Å²) < 4.78 is 14.2. The van der Waals surface area contributed by atoms with Crippen molar-refractivity contribution in [2.45, 2.75) is 6.54 Å². The molecule has 0 atom stereocenters. The molecule has 0 unspecified atom stereocenters. The number of aryl methyl sites for hydroxylation is 1. The van der Waals surface area contributed by atoms with Gasteiger partial charge in [0.2, 0.25) is 0 Å². The van der Waals surface area contributed by atoms with E-state index in [1.165, 1.54) is 12.1 Å². The van der Waals surface area contributed by atoms with Crippen molar-refractivity contribution in [3.05, 3.63) is 53.6 Å². The highest BCUT2D eigenvalue weighted by atomic mass is 19.1. The molecular formula is C12H12FN3O. The van der Waals surface area contributed by atoms with E-state index in [4.69, 9.17) is 0 Å². The first-order chi connectivity index (χ1) is 8.15. The molecule has 0 aliphatic rings. The van der Waals surface area contributed by atoms with Gasteiger partial charge in [-0.1, -0.05) is 12.1 Å². The minimum absolute atomic E-state index is 0.241. The number of carbonyl (C=O) groups excluding carboxylic acids is 1. The van der Waals surface area contributed by atoms with Gasteiger partial charge in [0.1, 0.15) is 11.5 Å². The molecule has 1 aromatic carbocycles. The van der Waals surface area contributed by atoms with Gasteiger partial charge in [0.05, 0.1) is 0 Å². The predicted octanol–water partition coefficient (Wildman–Crippen LogP) is 1.49. The average Bonchev–Trinajstić information content (AvgIpc) is 2.75. The summed E-state index contributed by atoms with van der Waals surface area (Å²) in [5.74, 6) is -0.528. The van der Waals surface area contributed by atoms with Crippen LogP contribution in [-0.2, 0) is 13.6 Å². The molecular weight excluding hydrogens is 221 g/mol. The third-order valence-corrected chi connectivity index (χ3v) is 2.31. The maximum absolute atomic E-state index is 12.7. The highest BCUT2D eigenvalue weighted by molar-refractivity contribution is 5.92. The lowest BCUT2D eigenvalue weighted by Crippen LogP contribution is -2.23. The fraction of sp³-hybridized carbons (Fsp3) is 0.167. The zero-order valence-electron chi connectivity index (χ0n) is 9.35. The Morgan fingerprint density at radius 1 is 1.35 bits per heavy atom. The lowest BCUT2D eigenvalue weighted by molar-refractivity contribution is 0.0945. The van der Waals surface area contributed by atoms with E-state index in [9.17, 15) is 9.18 Å². The fourth-order valence-corrected chi connectivity index (χ4v) is 1.41. The van der Waals surface area contributed by atoms with E-state index in [0.29, 0.717) is 12.2 Å². The van der Waals surface area contributed by atoms with E-state index < -0.39 is 0 Å². The second kappa shape index (κ2) is 4.78. The van der Waals surface area contributed by atoms with E-state index in [1.807, 2.05) is 0 Å². The molecule has 1 heterocycles. The van der Waals surface area contributed by atoms with Crippen molar-refractivity contribution >= 4 is 5.91 Å². The number of benzene rings is 1. The highest BCUT2D eigenvalue weighted by Gasteiger charge is 2.07. The largest absolute Gasteiger partial charge is 0.347 e. The number of halogens is 1. The summed E-state index contributed by atoms with van der Waals surface area (Å²) in [5.41, 5.74) is 1.21. The Hall–Kier alpha value is -2.17. The van der Waals surface area contributed by atoms with Gasteiger partial charge in [0, 0.05) is 19.8 Å². The first kappa shape index (κ1) is 11.3. The van der Waals surface area contributed by atoms with E-state index in [1.54, 1.807) is 36.1 Å². The average molecular weight is 233 g/mol. The Labute approximate surface area is 98.1 Å². The molecule has 0 aliphatic heterocycles. The first-order valence-electron chi connectivity index (χ1n) is 5.17. The van der Waals surface area contributed by atoms with Gasteiger partial charge < -0.3 is 5.32 Å². The minimum Gasteiger partial charge on any atom is -0.347 e. The quantitative estimate of drug-likeness (QED) is 0.873. The number of rotatable bonds is 3. The minimum atomic E-state index is -0.287.